The predicted molar refractivity (Wildman–Crippen MR) is 89.8 cm³/mol. The van der Waals surface area contributed by atoms with Gasteiger partial charge >= 0.3 is 6.03 Å². The summed E-state index contributed by atoms with van der Waals surface area (Å²) in [6.45, 7) is 1.97. The third-order valence-corrected chi connectivity index (χ3v) is 3.97. The Bertz CT molecular complexity index is 673. The summed E-state index contributed by atoms with van der Waals surface area (Å²) in [5.41, 5.74) is 1.49. The molecule has 2 heterocycles. The minimum atomic E-state index is -0.0827. The van der Waals surface area contributed by atoms with Crippen molar-refractivity contribution in [1.29, 1.82) is 0 Å². The molecule has 1 saturated heterocycles. The predicted octanol–water partition coefficient (Wildman–Crippen LogP) is 3.94. The molecule has 0 bridgehead atoms. The van der Waals surface area contributed by atoms with Gasteiger partial charge in [-0.25, -0.2) is 4.79 Å². The lowest BCUT2D eigenvalue weighted by Gasteiger charge is -2.16. The van der Waals surface area contributed by atoms with Crippen molar-refractivity contribution in [3.63, 3.8) is 0 Å². The van der Waals surface area contributed by atoms with Crippen LogP contribution < -0.4 is 10.1 Å². The molecule has 1 fully saturated rings. The van der Waals surface area contributed by atoms with Crippen molar-refractivity contribution in [2.75, 3.05) is 18.4 Å². The Morgan fingerprint density at radius 1 is 1.26 bits per heavy atom. The van der Waals surface area contributed by atoms with Gasteiger partial charge in [-0.1, -0.05) is 17.7 Å². The van der Waals surface area contributed by atoms with Crippen LogP contribution in [0.15, 0.2) is 42.6 Å². The molecule has 0 spiro atoms. The largest absolute Gasteiger partial charge is 0.486 e. The molecule has 120 valence electrons. The van der Waals surface area contributed by atoms with E-state index >= 15 is 0 Å². The van der Waals surface area contributed by atoms with E-state index in [-0.39, 0.29) is 6.03 Å². The van der Waals surface area contributed by atoms with Crippen molar-refractivity contribution >= 4 is 23.3 Å². The molecule has 0 aliphatic carbocycles. The zero-order chi connectivity index (χ0) is 16.1. The van der Waals surface area contributed by atoms with E-state index in [4.69, 9.17) is 16.3 Å². The third kappa shape index (κ3) is 4.13. The maximum Gasteiger partial charge on any atom is 0.321 e. The summed E-state index contributed by atoms with van der Waals surface area (Å²) in [6, 6.07) is 10.8. The van der Waals surface area contributed by atoms with Gasteiger partial charge in [0.1, 0.15) is 12.4 Å². The highest BCUT2D eigenvalue weighted by molar-refractivity contribution is 6.32. The van der Waals surface area contributed by atoms with Crippen LogP contribution in [-0.2, 0) is 6.61 Å². The number of rotatable bonds is 4. The summed E-state index contributed by atoms with van der Waals surface area (Å²) >= 11 is 6.23. The molecule has 0 saturated carbocycles. The topological polar surface area (TPSA) is 54.5 Å². The number of likely N-dealkylation sites (tertiary alicyclic amines) is 1. The highest BCUT2D eigenvalue weighted by Gasteiger charge is 2.18. The fourth-order valence-electron chi connectivity index (χ4n) is 2.45. The number of ether oxygens (including phenoxy) is 1. The summed E-state index contributed by atoms with van der Waals surface area (Å²) in [4.78, 5) is 18.1. The van der Waals surface area contributed by atoms with E-state index in [1.54, 1.807) is 29.3 Å². The molecule has 0 atom stereocenters. The summed E-state index contributed by atoms with van der Waals surface area (Å²) in [5.74, 6) is 0.566. The number of urea groups is 1. The SMILES string of the molecule is O=C(Nc1ccc(OCc2ccccn2)c(Cl)c1)N1CCCC1. The summed E-state index contributed by atoms with van der Waals surface area (Å²) in [5, 5.41) is 3.32. The van der Waals surface area contributed by atoms with E-state index in [0.29, 0.717) is 23.1 Å². The second-order valence-electron chi connectivity index (χ2n) is 5.38. The summed E-state index contributed by atoms with van der Waals surface area (Å²) in [7, 11) is 0. The van der Waals surface area contributed by atoms with Crippen LogP contribution in [-0.4, -0.2) is 29.0 Å². The Labute approximate surface area is 140 Å². The molecular weight excluding hydrogens is 314 g/mol. The van der Waals surface area contributed by atoms with Gasteiger partial charge in [-0.15, -0.1) is 0 Å². The van der Waals surface area contributed by atoms with Gasteiger partial charge in [-0.05, 0) is 43.2 Å². The summed E-state index contributed by atoms with van der Waals surface area (Å²) in [6.07, 6.45) is 3.85. The van der Waals surface area contributed by atoms with Crippen LogP contribution in [0.2, 0.25) is 5.02 Å². The molecule has 1 aliphatic heterocycles. The number of nitrogens with one attached hydrogen (secondary N) is 1. The molecule has 1 aromatic carbocycles. The Morgan fingerprint density at radius 3 is 2.78 bits per heavy atom. The first-order valence-electron chi connectivity index (χ1n) is 7.60. The van der Waals surface area contributed by atoms with Gasteiger partial charge in [0, 0.05) is 25.0 Å². The van der Waals surface area contributed by atoms with Gasteiger partial charge in [-0.2, -0.15) is 0 Å². The number of nitrogens with zero attached hydrogens (tertiary/aromatic N) is 2. The molecule has 1 N–H and O–H groups in total. The van der Waals surface area contributed by atoms with Gasteiger partial charge in [0.2, 0.25) is 0 Å². The zero-order valence-electron chi connectivity index (χ0n) is 12.7. The van der Waals surface area contributed by atoms with Crippen LogP contribution in [0.3, 0.4) is 0 Å². The minimum absolute atomic E-state index is 0.0827. The molecule has 1 aromatic heterocycles. The average Bonchev–Trinajstić information content (AvgIpc) is 3.10. The average molecular weight is 332 g/mol. The number of hydrogen-bond donors (Lipinski definition) is 1. The van der Waals surface area contributed by atoms with E-state index in [2.05, 4.69) is 10.3 Å². The van der Waals surface area contributed by atoms with Crippen molar-refractivity contribution in [3.05, 3.63) is 53.3 Å². The van der Waals surface area contributed by atoms with Gasteiger partial charge in [-0.3, -0.25) is 4.98 Å². The van der Waals surface area contributed by atoms with Crippen LogP contribution in [0.1, 0.15) is 18.5 Å². The smallest absolute Gasteiger partial charge is 0.321 e. The molecule has 3 rings (SSSR count). The molecule has 0 radical (unpaired) electrons. The maximum atomic E-state index is 12.1. The molecule has 23 heavy (non-hydrogen) atoms. The number of pyridine rings is 1. The number of carbonyl (C=O) groups excluding carboxylic acids is 1. The van der Waals surface area contributed by atoms with Gasteiger partial charge in [0.05, 0.1) is 10.7 Å². The van der Waals surface area contributed by atoms with Crippen LogP contribution in [0, 0.1) is 0 Å². The van der Waals surface area contributed by atoms with Crippen LogP contribution in [0.4, 0.5) is 10.5 Å². The lowest BCUT2D eigenvalue weighted by atomic mass is 10.3. The summed E-state index contributed by atoms with van der Waals surface area (Å²) < 4.78 is 5.67. The third-order valence-electron chi connectivity index (χ3n) is 3.68. The Balaban J connectivity index is 1.60. The van der Waals surface area contributed by atoms with E-state index in [1.807, 2.05) is 18.2 Å². The normalized spacial score (nSPS) is 13.9. The second-order valence-corrected chi connectivity index (χ2v) is 5.79. The lowest BCUT2D eigenvalue weighted by Crippen LogP contribution is -2.32. The highest BCUT2D eigenvalue weighted by atomic mass is 35.5. The standard InChI is InChI=1S/C17H18ClN3O2/c18-15-11-13(20-17(22)21-9-3-4-10-21)6-7-16(15)23-12-14-5-1-2-8-19-14/h1-2,5-8,11H,3-4,9-10,12H2,(H,20,22). The quantitative estimate of drug-likeness (QED) is 0.923. The van der Waals surface area contributed by atoms with E-state index in [0.717, 1.165) is 31.6 Å². The lowest BCUT2D eigenvalue weighted by molar-refractivity contribution is 0.222. The maximum absolute atomic E-state index is 12.1. The van der Waals surface area contributed by atoms with Crippen molar-refractivity contribution in [2.24, 2.45) is 0 Å². The van der Waals surface area contributed by atoms with Crippen LogP contribution in [0.5, 0.6) is 5.75 Å². The number of anilines is 1. The Hall–Kier alpha value is -2.27. The van der Waals surface area contributed by atoms with Crippen LogP contribution >= 0.6 is 11.6 Å². The molecule has 2 aromatic rings. The van der Waals surface area contributed by atoms with Crippen molar-refractivity contribution in [1.82, 2.24) is 9.88 Å². The number of carbonyl (C=O) groups is 1. The van der Waals surface area contributed by atoms with Crippen molar-refractivity contribution in [2.45, 2.75) is 19.4 Å². The van der Waals surface area contributed by atoms with E-state index in [9.17, 15) is 4.79 Å². The molecule has 1 aliphatic rings. The molecule has 2 amide bonds. The van der Waals surface area contributed by atoms with Gasteiger partial charge < -0.3 is 15.0 Å². The van der Waals surface area contributed by atoms with Gasteiger partial charge in [0.15, 0.2) is 0 Å². The fraction of sp³-hybridized carbons (Fsp3) is 0.294. The van der Waals surface area contributed by atoms with Gasteiger partial charge in [0.25, 0.3) is 0 Å². The Kier molecular flexibility index (Phi) is 4.98. The fourth-order valence-corrected chi connectivity index (χ4v) is 2.69. The Morgan fingerprint density at radius 2 is 2.09 bits per heavy atom. The first-order chi connectivity index (χ1) is 11.2. The monoisotopic (exact) mass is 331 g/mol. The highest BCUT2D eigenvalue weighted by Crippen LogP contribution is 2.28. The molecule has 0 unspecified atom stereocenters. The van der Waals surface area contributed by atoms with Crippen molar-refractivity contribution in [3.8, 4) is 5.75 Å². The number of aromatic nitrogens is 1. The number of halogens is 1. The molecular formula is C17H18ClN3O2. The van der Waals surface area contributed by atoms with E-state index < -0.39 is 0 Å². The van der Waals surface area contributed by atoms with Crippen molar-refractivity contribution < 1.29 is 9.53 Å². The molecule has 5 nitrogen and oxygen atoms in total. The number of amides is 2. The minimum Gasteiger partial charge on any atom is -0.486 e. The van der Waals surface area contributed by atoms with Crippen LogP contribution in [0.25, 0.3) is 0 Å². The first-order valence-corrected chi connectivity index (χ1v) is 7.98. The number of benzene rings is 1. The second kappa shape index (κ2) is 7.33. The zero-order valence-corrected chi connectivity index (χ0v) is 13.4. The molecule has 6 heteroatoms. The number of hydrogen-bond acceptors (Lipinski definition) is 3. The van der Waals surface area contributed by atoms with E-state index in [1.165, 1.54) is 0 Å². The first kappa shape index (κ1) is 15.6.